The summed E-state index contributed by atoms with van der Waals surface area (Å²) in [4.78, 5) is 11.6. The van der Waals surface area contributed by atoms with E-state index in [9.17, 15) is 4.79 Å². The van der Waals surface area contributed by atoms with Crippen LogP contribution in [-0.2, 0) is 9.53 Å². The number of nitrogens with two attached hydrogens (primary N) is 1. The maximum Gasteiger partial charge on any atom is 0.246 e. The van der Waals surface area contributed by atoms with Gasteiger partial charge in [-0.15, -0.1) is 0 Å². The summed E-state index contributed by atoms with van der Waals surface area (Å²) >= 11 is 0. The van der Waals surface area contributed by atoms with Crippen molar-refractivity contribution in [1.29, 1.82) is 0 Å². The van der Waals surface area contributed by atoms with E-state index >= 15 is 0 Å². The first-order valence-corrected chi connectivity index (χ1v) is 6.26. The summed E-state index contributed by atoms with van der Waals surface area (Å²) in [6.45, 7) is 3.98. The van der Waals surface area contributed by atoms with Gasteiger partial charge < -0.3 is 15.8 Å². The molecule has 0 aromatic rings. The molecule has 0 aromatic heterocycles. The molecule has 1 aliphatic rings. The zero-order chi connectivity index (χ0) is 12.0. The number of hydrogen-bond acceptors (Lipinski definition) is 3. The van der Waals surface area contributed by atoms with Crippen molar-refractivity contribution in [2.45, 2.75) is 64.1 Å². The fourth-order valence-corrected chi connectivity index (χ4v) is 2.01. The van der Waals surface area contributed by atoms with Crippen molar-refractivity contribution >= 4 is 5.91 Å². The molecule has 0 aliphatic heterocycles. The molecule has 0 aromatic carbocycles. The Bertz CT molecular complexity index is 219. The molecule has 0 spiro atoms. The molecular formula is C12H24N2O2. The summed E-state index contributed by atoms with van der Waals surface area (Å²) in [6, 6.07) is 0.233. The molecule has 0 bridgehead atoms. The van der Waals surface area contributed by atoms with Crippen molar-refractivity contribution in [3.63, 3.8) is 0 Å². The molecule has 1 amide bonds. The Morgan fingerprint density at radius 2 is 2.06 bits per heavy atom. The van der Waals surface area contributed by atoms with E-state index in [1.54, 1.807) is 0 Å². The molecule has 2 atom stereocenters. The Hall–Kier alpha value is -0.610. The van der Waals surface area contributed by atoms with E-state index in [0.29, 0.717) is 0 Å². The first-order valence-electron chi connectivity index (χ1n) is 6.26. The second-order valence-corrected chi connectivity index (χ2v) is 4.84. The van der Waals surface area contributed by atoms with Crippen molar-refractivity contribution < 1.29 is 9.53 Å². The van der Waals surface area contributed by atoms with Crippen LogP contribution < -0.4 is 11.1 Å². The average molecular weight is 228 g/mol. The number of carbonyl (C=O) groups excluding carboxylic acids is 1. The molecule has 0 radical (unpaired) electrons. The van der Waals surface area contributed by atoms with Gasteiger partial charge in [-0.25, -0.2) is 0 Å². The Labute approximate surface area is 97.9 Å². The van der Waals surface area contributed by atoms with Crippen LogP contribution in [0, 0.1) is 0 Å². The van der Waals surface area contributed by atoms with Gasteiger partial charge in [0.15, 0.2) is 0 Å². The molecule has 1 saturated carbocycles. The van der Waals surface area contributed by atoms with Gasteiger partial charge >= 0.3 is 0 Å². The minimum atomic E-state index is -0.0453. The number of nitrogens with one attached hydrogen (secondary N) is 1. The Morgan fingerprint density at radius 1 is 1.38 bits per heavy atom. The Kier molecular flexibility index (Phi) is 5.77. The lowest BCUT2D eigenvalue weighted by molar-refractivity contribution is -0.128. The molecule has 4 nitrogen and oxygen atoms in total. The number of amides is 1. The SMILES string of the molecule is CC(C)OCC(=O)NC1CCCCCC1N. The highest BCUT2D eigenvalue weighted by Crippen LogP contribution is 2.16. The Morgan fingerprint density at radius 3 is 2.75 bits per heavy atom. The van der Waals surface area contributed by atoms with Gasteiger partial charge in [0, 0.05) is 12.1 Å². The van der Waals surface area contributed by atoms with Crippen molar-refractivity contribution in [1.82, 2.24) is 5.32 Å². The highest BCUT2D eigenvalue weighted by atomic mass is 16.5. The molecule has 94 valence electrons. The fraction of sp³-hybridized carbons (Fsp3) is 0.917. The van der Waals surface area contributed by atoms with E-state index in [1.165, 1.54) is 12.8 Å². The van der Waals surface area contributed by atoms with Gasteiger partial charge in [-0.05, 0) is 26.7 Å². The lowest BCUT2D eigenvalue weighted by Crippen LogP contribution is -2.48. The van der Waals surface area contributed by atoms with Crippen molar-refractivity contribution in [3.8, 4) is 0 Å². The van der Waals surface area contributed by atoms with Crippen LogP contribution in [0.4, 0.5) is 0 Å². The van der Waals surface area contributed by atoms with E-state index in [2.05, 4.69) is 5.32 Å². The van der Waals surface area contributed by atoms with E-state index in [-0.39, 0.29) is 30.7 Å². The molecule has 2 unspecified atom stereocenters. The summed E-state index contributed by atoms with van der Waals surface area (Å²) in [5.74, 6) is -0.0453. The quantitative estimate of drug-likeness (QED) is 0.710. The van der Waals surface area contributed by atoms with Gasteiger partial charge in [0.25, 0.3) is 0 Å². The summed E-state index contributed by atoms with van der Waals surface area (Å²) in [6.07, 6.45) is 5.65. The number of ether oxygens (including phenoxy) is 1. The predicted molar refractivity (Wildman–Crippen MR) is 64.1 cm³/mol. The van der Waals surface area contributed by atoms with Crippen LogP contribution in [0.15, 0.2) is 0 Å². The van der Waals surface area contributed by atoms with Crippen molar-refractivity contribution in [2.24, 2.45) is 5.73 Å². The molecule has 4 heteroatoms. The van der Waals surface area contributed by atoms with Crippen LogP contribution in [0.2, 0.25) is 0 Å². The molecule has 0 heterocycles. The van der Waals surface area contributed by atoms with Crippen LogP contribution in [0.3, 0.4) is 0 Å². The van der Waals surface area contributed by atoms with E-state index in [1.807, 2.05) is 13.8 Å². The second kappa shape index (κ2) is 6.86. The highest BCUT2D eigenvalue weighted by molar-refractivity contribution is 5.77. The number of hydrogen-bond donors (Lipinski definition) is 2. The number of carbonyl (C=O) groups is 1. The first kappa shape index (κ1) is 13.5. The standard InChI is InChI=1S/C12H24N2O2/c1-9(2)16-8-12(15)14-11-7-5-3-4-6-10(11)13/h9-11H,3-8,13H2,1-2H3,(H,14,15). The van der Waals surface area contributed by atoms with Gasteiger partial charge in [0.2, 0.25) is 5.91 Å². The van der Waals surface area contributed by atoms with Gasteiger partial charge in [-0.1, -0.05) is 19.3 Å². The van der Waals surface area contributed by atoms with Crippen LogP contribution in [-0.4, -0.2) is 30.7 Å². The van der Waals surface area contributed by atoms with Gasteiger partial charge in [-0.3, -0.25) is 4.79 Å². The lowest BCUT2D eigenvalue weighted by Gasteiger charge is -2.22. The molecule has 1 fully saturated rings. The van der Waals surface area contributed by atoms with E-state index in [0.717, 1.165) is 19.3 Å². The molecule has 1 aliphatic carbocycles. The predicted octanol–water partition coefficient (Wildman–Crippen LogP) is 1.19. The minimum absolute atomic E-state index is 0.0453. The largest absolute Gasteiger partial charge is 0.369 e. The molecule has 3 N–H and O–H groups in total. The third-order valence-electron chi connectivity index (χ3n) is 2.96. The minimum Gasteiger partial charge on any atom is -0.369 e. The van der Waals surface area contributed by atoms with E-state index in [4.69, 9.17) is 10.5 Å². The monoisotopic (exact) mass is 228 g/mol. The molecule has 0 saturated heterocycles. The van der Waals surface area contributed by atoms with Crippen LogP contribution in [0.25, 0.3) is 0 Å². The van der Waals surface area contributed by atoms with Crippen LogP contribution in [0.1, 0.15) is 46.0 Å². The summed E-state index contributed by atoms with van der Waals surface area (Å²) in [5.41, 5.74) is 6.03. The lowest BCUT2D eigenvalue weighted by atomic mass is 10.0. The van der Waals surface area contributed by atoms with Crippen LogP contribution >= 0.6 is 0 Å². The summed E-state index contributed by atoms with van der Waals surface area (Å²) in [7, 11) is 0. The van der Waals surface area contributed by atoms with Gasteiger partial charge in [0.1, 0.15) is 6.61 Å². The molecular weight excluding hydrogens is 204 g/mol. The molecule has 1 rings (SSSR count). The average Bonchev–Trinajstić information content (AvgIpc) is 2.42. The smallest absolute Gasteiger partial charge is 0.246 e. The maximum atomic E-state index is 11.6. The maximum absolute atomic E-state index is 11.6. The number of rotatable bonds is 4. The zero-order valence-electron chi connectivity index (χ0n) is 10.4. The third-order valence-corrected chi connectivity index (χ3v) is 2.96. The normalized spacial score (nSPS) is 26.5. The van der Waals surface area contributed by atoms with Gasteiger partial charge in [-0.2, -0.15) is 0 Å². The van der Waals surface area contributed by atoms with E-state index < -0.39 is 0 Å². The van der Waals surface area contributed by atoms with Crippen molar-refractivity contribution in [3.05, 3.63) is 0 Å². The zero-order valence-corrected chi connectivity index (χ0v) is 10.4. The Balaban J connectivity index is 2.30. The van der Waals surface area contributed by atoms with Crippen LogP contribution in [0.5, 0.6) is 0 Å². The summed E-state index contributed by atoms with van der Waals surface area (Å²) in [5, 5.41) is 2.98. The fourth-order valence-electron chi connectivity index (χ4n) is 2.01. The molecule has 16 heavy (non-hydrogen) atoms. The van der Waals surface area contributed by atoms with Gasteiger partial charge in [0.05, 0.1) is 6.10 Å². The highest BCUT2D eigenvalue weighted by Gasteiger charge is 2.21. The topological polar surface area (TPSA) is 64.3 Å². The third kappa shape index (κ3) is 4.94. The summed E-state index contributed by atoms with van der Waals surface area (Å²) < 4.78 is 5.26. The van der Waals surface area contributed by atoms with Crippen molar-refractivity contribution in [2.75, 3.05) is 6.61 Å². The second-order valence-electron chi connectivity index (χ2n) is 4.84. The first-order chi connectivity index (χ1) is 7.59.